The second kappa shape index (κ2) is 5.66. The standard InChI is InChI=1S/C19H12F2N2O2/c20-14-8-7-12(9-15(14)21)22-17(24)10-23-16-6-2-4-11-3-1-5-13(18(11)16)19(23)25/h1-9H,10H2,(H,22,24). The molecule has 2 amide bonds. The number of anilines is 2. The third-order valence-electron chi connectivity index (χ3n) is 4.15. The van der Waals surface area contributed by atoms with E-state index < -0.39 is 17.5 Å². The van der Waals surface area contributed by atoms with Crippen LogP contribution in [0, 0.1) is 11.6 Å². The topological polar surface area (TPSA) is 49.4 Å². The van der Waals surface area contributed by atoms with Gasteiger partial charge < -0.3 is 5.32 Å². The van der Waals surface area contributed by atoms with E-state index in [0.717, 1.165) is 22.9 Å². The zero-order valence-electron chi connectivity index (χ0n) is 12.9. The third kappa shape index (κ3) is 2.52. The van der Waals surface area contributed by atoms with Crippen molar-refractivity contribution in [1.29, 1.82) is 0 Å². The minimum atomic E-state index is -1.05. The molecule has 1 aliphatic rings. The number of halogens is 2. The maximum absolute atomic E-state index is 13.2. The highest BCUT2D eigenvalue weighted by Crippen LogP contribution is 2.36. The summed E-state index contributed by atoms with van der Waals surface area (Å²) in [5, 5.41) is 4.22. The lowest BCUT2D eigenvalue weighted by atomic mass is 10.1. The third-order valence-corrected chi connectivity index (χ3v) is 4.15. The first-order valence-electron chi connectivity index (χ1n) is 7.63. The van der Waals surface area contributed by atoms with Crippen LogP contribution in [0.25, 0.3) is 10.8 Å². The fraction of sp³-hybridized carbons (Fsp3) is 0.0526. The second-order valence-electron chi connectivity index (χ2n) is 5.75. The first-order chi connectivity index (χ1) is 12.0. The van der Waals surface area contributed by atoms with Crippen LogP contribution in [0.2, 0.25) is 0 Å². The number of carbonyl (C=O) groups excluding carboxylic acids is 2. The van der Waals surface area contributed by atoms with Gasteiger partial charge in [-0.2, -0.15) is 0 Å². The Hall–Kier alpha value is -3.28. The predicted molar refractivity (Wildman–Crippen MR) is 90.6 cm³/mol. The molecule has 0 saturated heterocycles. The SMILES string of the molecule is O=C(CN1C(=O)c2cccc3cccc1c23)Nc1ccc(F)c(F)c1. The molecule has 0 unspecified atom stereocenters. The van der Waals surface area contributed by atoms with Gasteiger partial charge in [-0.25, -0.2) is 8.78 Å². The summed E-state index contributed by atoms with van der Waals surface area (Å²) in [6.07, 6.45) is 0. The molecule has 0 atom stereocenters. The van der Waals surface area contributed by atoms with Crippen LogP contribution in [-0.4, -0.2) is 18.4 Å². The highest BCUT2D eigenvalue weighted by Gasteiger charge is 2.30. The van der Waals surface area contributed by atoms with Gasteiger partial charge in [-0.15, -0.1) is 0 Å². The average Bonchev–Trinajstić information content (AvgIpc) is 2.86. The number of rotatable bonds is 3. The maximum atomic E-state index is 13.2. The maximum Gasteiger partial charge on any atom is 0.259 e. The normalized spacial score (nSPS) is 12.7. The largest absolute Gasteiger partial charge is 0.324 e. The molecule has 3 aromatic rings. The number of benzene rings is 3. The minimum Gasteiger partial charge on any atom is -0.324 e. The predicted octanol–water partition coefficient (Wildman–Crippen LogP) is 3.72. The fourth-order valence-electron chi connectivity index (χ4n) is 3.05. The van der Waals surface area contributed by atoms with Gasteiger partial charge in [0.15, 0.2) is 11.6 Å². The van der Waals surface area contributed by atoms with Crippen molar-refractivity contribution < 1.29 is 18.4 Å². The van der Waals surface area contributed by atoms with E-state index in [-0.39, 0.29) is 18.1 Å². The molecule has 1 aliphatic heterocycles. The van der Waals surface area contributed by atoms with Gasteiger partial charge in [0.2, 0.25) is 5.91 Å². The monoisotopic (exact) mass is 338 g/mol. The number of nitrogens with zero attached hydrogens (tertiary/aromatic N) is 1. The van der Waals surface area contributed by atoms with Gasteiger partial charge in [0.25, 0.3) is 5.91 Å². The van der Waals surface area contributed by atoms with Crippen molar-refractivity contribution in [2.75, 3.05) is 16.8 Å². The van der Waals surface area contributed by atoms with Crippen LogP contribution >= 0.6 is 0 Å². The molecular formula is C19H12F2N2O2. The molecule has 1 N–H and O–H groups in total. The van der Waals surface area contributed by atoms with Crippen molar-refractivity contribution in [3.8, 4) is 0 Å². The summed E-state index contributed by atoms with van der Waals surface area (Å²) in [7, 11) is 0. The molecule has 1 heterocycles. The van der Waals surface area contributed by atoms with Crippen LogP contribution in [0.1, 0.15) is 10.4 Å². The summed E-state index contributed by atoms with van der Waals surface area (Å²) in [6, 6.07) is 14.0. The van der Waals surface area contributed by atoms with Crippen molar-refractivity contribution >= 4 is 34.0 Å². The van der Waals surface area contributed by atoms with E-state index in [9.17, 15) is 18.4 Å². The molecule has 0 fully saturated rings. The van der Waals surface area contributed by atoms with Crippen LogP contribution < -0.4 is 10.2 Å². The molecule has 4 nitrogen and oxygen atoms in total. The van der Waals surface area contributed by atoms with E-state index in [1.165, 1.54) is 11.0 Å². The zero-order chi connectivity index (χ0) is 17.6. The Morgan fingerprint density at radius 3 is 2.52 bits per heavy atom. The van der Waals surface area contributed by atoms with Crippen LogP contribution in [-0.2, 0) is 4.79 Å². The summed E-state index contributed by atoms with van der Waals surface area (Å²) in [5.41, 5.74) is 1.35. The molecule has 4 rings (SSSR count). The van der Waals surface area contributed by atoms with Crippen molar-refractivity contribution in [2.24, 2.45) is 0 Å². The van der Waals surface area contributed by atoms with Crippen LogP contribution in [0.3, 0.4) is 0 Å². The number of nitrogens with one attached hydrogen (secondary N) is 1. The Labute approximate surface area is 141 Å². The number of hydrogen-bond donors (Lipinski definition) is 1. The molecule has 0 saturated carbocycles. The first-order valence-corrected chi connectivity index (χ1v) is 7.63. The molecule has 0 aliphatic carbocycles. The van der Waals surface area contributed by atoms with Crippen LogP contribution in [0.5, 0.6) is 0 Å². The Bertz CT molecular complexity index is 1030. The summed E-state index contributed by atoms with van der Waals surface area (Å²) in [4.78, 5) is 26.2. The summed E-state index contributed by atoms with van der Waals surface area (Å²) in [5.74, 6) is -2.79. The van der Waals surface area contributed by atoms with Crippen molar-refractivity contribution in [1.82, 2.24) is 0 Å². The lowest BCUT2D eigenvalue weighted by molar-refractivity contribution is -0.114. The second-order valence-corrected chi connectivity index (χ2v) is 5.75. The first kappa shape index (κ1) is 15.3. The van der Waals surface area contributed by atoms with E-state index in [0.29, 0.717) is 11.3 Å². The van der Waals surface area contributed by atoms with Gasteiger partial charge in [-0.05, 0) is 29.7 Å². The van der Waals surface area contributed by atoms with Gasteiger partial charge in [0.1, 0.15) is 6.54 Å². The molecule has 0 bridgehead atoms. The van der Waals surface area contributed by atoms with Gasteiger partial charge in [-0.1, -0.05) is 24.3 Å². The van der Waals surface area contributed by atoms with Gasteiger partial charge in [-0.3, -0.25) is 14.5 Å². The Balaban J connectivity index is 1.59. The van der Waals surface area contributed by atoms with Gasteiger partial charge in [0, 0.05) is 22.7 Å². The smallest absolute Gasteiger partial charge is 0.259 e. The lowest BCUT2D eigenvalue weighted by Crippen LogP contribution is -2.35. The molecule has 0 aromatic heterocycles. The van der Waals surface area contributed by atoms with Crippen molar-refractivity contribution in [3.05, 3.63) is 71.8 Å². The zero-order valence-corrected chi connectivity index (χ0v) is 12.9. The van der Waals surface area contributed by atoms with E-state index >= 15 is 0 Å². The molecule has 0 spiro atoms. The van der Waals surface area contributed by atoms with Crippen LogP contribution in [0.4, 0.5) is 20.2 Å². The Morgan fingerprint density at radius 2 is 1.76 bits per heavy atom. The average molecular weight is 338 g/mol. The van der Waals surface area contributed by atoms with Crippen molar-refractivity contribution in [3.63, 3.8) is 0 Å². The van der Waals surface area contributed by atoms with Crippen LogP contribution in [0.15, 0.2) is 54.6 Å². The number of amides is 2. The summed E-state index contributed by atoms with van der Waals surface area (Å²) >= 11 is 0. The van der Waals surface area contributed by atoms with Crippen molar-refractivity contribution in [2.45, 2.75) is 0 Å². The van der Waals surface area contributed by atoms with E-state index in [2.05, 4.69) is 5.32 Å². The van der Waals surface area contributed by atoms with Gasteiger partial charge in [0.05, 0.1) is 5.69 Å². The molecule has 124 valence electrons. The quantitative estimate of drug-likeness (QED) is 0.791. The number of carbonyl (C=O) groups is 2. The Morgan fingerprint density at radius 1 is 1.00 bits per heavy atom. The van der Waals surface area contributed by atoms with E-state index in [4.69, 9.17) is 0 Å². The van der Waals surface area contributed by atoms with Gasteiger partial charge >= 0.3 is 0 Å². The minimum absolute atomic E-state index is 0.131. The number of hydrogen-bond acceptors (Lipinski definition) is 2. The lowest BCUT2D eigenvalue weighted by Gasteiger charge is -2.17. The molecule has 6 heteroatoms. The Kier molecular flexibility index (Phi) is 3.46. The summed E-state index contributed by atoms with van der Waals surface area (Å²) < 4.78 is 26.2. The summed E-state index contributed by atoms with van der Waals surface area (Å²) in [6.45, 7) is -0.217. The van der Waals surface area contributed by atoms with E-state index in [1.54, 1.807) is 18.2 Å². The highest BCUT2D eigenvalue weighted by molar-refractivity contribution is 6.26. The highest BCUT2D eigenvalue weighted by atomic mass is 19.2. The fourth-order valence-corrected chi connectivity index (χ4v) is 3.05. The molecule has 25 heavy (non-hydrogen) atoms. The molecule has 3 aromatic carbocycles. The van der Waals surface area contributed by atoms with E-state index in [1.807, 2.05) is 18.2 Å². The molecule has 0 radical (unpaired) electrons. The molecular weight excluding hydrogens is 326 g/mol.